The number of nitrogens with zero attached hydrogens (tertiary/aromatic N) is 3. The summed E-state index contributed by atoms with van der Waals surface area (Å²) in [6.07, 6.45) is 1.25. The highest BCUT2D eigenvalue weighted by atomic mass is 16.5. The van der Waals surface area contributed by atoms with Gasteiger partial charge in [0.15, 0.2) is 0 Å². The summed E-state index contributed by atoms with van der Waals surface area (Å²) in [6.45, 7) is 3.70. The maximum absolute atomic E-state index is 12.8. The van der Waals surface area contributed by atoms with E-state index in [4.69, 9.17) is 4.74 Å². The maximum atomic E-state index is 12.8. The van der Waals surface area contributed by atoms with Crippen molar-refractivity contribution in [1.82, 2.24) is 9.80 Å². The number of nitriles is 1. The van der Waals surface area contributed by atoms with Crippen molar-refractivity contribution in [3.05, 3.63) is 29.3 Å². The zero-order chi connectivity index (χ0) is 17.3. The first-order valence-electron chi connectivity index (χ1n) is 8.38. The van der Waals surface area contributed by atoms with Crippen LogP contribution in [0.25, 0.3) is 0 Å². The second-order valence-electron chi connectivity index (χ2n) is 6.68. The van der Waals surface area contributed by atoms with Crippen LogP contribution in [0.2, 0.25) is 0 Å². The first-order valence-corrected chi connectivity index (χ1v) is 8.38. The molecule has 3 rings (SSSR count). The molecular formula is C18H23N3O3. The number of hydrogen-bond donors (Lipinski definition) is 1. The number of β-amino-alcohol motifs (C(OH)–C–C–N with tert-alkyl or cyclic N) is 1. The van der Waals surface area contributed by atoms with Crippen molar-refractivity contribution in [2.45, 2.75) is 38.0 Å². The monoisotopic (exact) mass is 329 g/mol. The van der Waals surface area contributed by atoms with Crippen molar-refractivity contribution in [3.8, 4) is 11.8 Å². The van der Waals surface area contributed by atoms with Gasteiger partial charge in [-0.2, -0.15) is 5.26 Å². The zero-order valence-electron chi connectivity index (χ0n) is 14.1. The van der Waals surface area contributed by atoms with Gasteiger partial charge in [-0.25, -0.2) is 0 Å². The van der Waals surface area contributed by atoms with Crippen molar-refractivity contribution in [1.29, 1.82) is 5.26 Å². The Morgan fingerprint density at radius 3 is 2.75 bits per heavy atom. The van der Waals surface area contributed by atoms with Gasteiger partial charge in [0.1, 0.15) is 17.9 Å². The normalized spacial score (nSPS) is 23.0. The Hall–Kier alpha value is -2.10. The van der Waals surface area contributed by atoms with Crippen LogP contribution in [-0.2, 0) is 0 Å². The molecule has 0 radical (unpaired) electrons. The first-order chi connectivity index (χ1) is 11.5. The third kappa shape index (κ3) is 3.10. The summed E-state index contributed by atoms with van der Waals surface area (Å²) in [7, 11) is 2.09. The minimum Gasteiger partial charge on any atom is -0.489 e. The number of aliphatic hydroxyl groups excluding tert-OH is 1. The Labute approximate surface area is 142 Å². The molecule has 0 bridgehead atoms. The molecule has 2 heterocycles. The summed E-state index contributed by atoms with van der Waals surface area (Å²) in [5, 5.41) is 19.1. The van der Waals surface area contributed by atoms with Gasteiger partial charge in [-0.3, -0.25) is 4.79 Å². The number of likely N-dealkylation sites (tertiary alicyclic amines) is 1. The molecule has 6 heteroatoms. The van der Waals surface area contributed by atoms with Gasteiger partial charge in [-0.05, 0) is 32.9 Å². The smallest absolute Gasteiger partial charge is 0.259 e. The number of carbonyl (C=O) groups is 1. The third-order valence-corrected chi connectivity index (χ3v) is 4.68. The third-order valence-electron chi connectivity index (χ3n) is 4.68. The highest BCUT2D eigenvalue weighted by Gasteiger charge is 2.40. The average molecular weight is 329 g/mol. The predicted molar refractivity (Wildman–Crippen MR) is 88.7 cm³/mol. The van der Waals surface area contributed by atoms with Crippen molar-refractivity contribution in [2.75, 3.05) is 26.7 Å². The van der Waals surface area contributed by atoms with Crippen molar-refractivity contribution in [2.24, 2.45) is 0 Å². The van der Waals surface area contributed by atoms with E-state index in [-0.39, 0.29) is 18.6 Å². The van der Waals surface area contributed by atoms with Gasteiger partial charge in [-0.15, -0.1) is 0 Å². The molecule has 2 unspecified atom stereocenters. The van der Waals surface area contributed by atoms with E-state index in [1.807, 2.05) is 6.07 Å². The molecule has 0 aromatic heterocycles. The molecule has 128 valence electrons. The number of hydrogen-bond acceptors (Lipinski definition) is 5. The molecular weight excluding hydrogens is 306 g/mol. The lowest BCUT2D eigenvalue weighted by atomic mass is 10.0. The second kappa shape index (κ2) is 6.80. The molecule has 24 heavy (non-hydrogen) atoms. The van der Waals surface area contributed by atoms with Crippen LogP contribution in [0.1, 0.15) is 41.7 Å². The number of rotatable bonds is 4. The van der Waals surface area contributed by atoms with Crippen LogP contribution in [-0.4, -0.2) is 59.7 Å². The Morgan fingerprint density at radius 2 is 2.12 bits per heavy atom. The van der Waals surface area contributed by atoms with E-state index in [2.05, 4.69) is 18.0 Å². The van der Waals surface area contributed by atoms with Crippen LogP contribution in [0.15, 0.2) is 18.2 Å². The molecule has 2 atom stereocenters. The fourth-order valence-corrected chi connectivity index (χ4v) is 3.43. The van der Waals surface area contributed by atoms with Gasteiger partial charge < -0.3 is 19.6 Å². The predicted octanol–water partition coefficient (Wildman–Crippen LogP) is 1.56. The minimum atomic E-state index is -0.683. The highest BCUT2D eigenvalue weighted by molar-refractivity contribution is 6.02. The quantitative estimate of drug-likeness (QED) is 0.907. The van der Waals surface area contributed by atoms with Gasteiger partial charge in [-0.1, -0.05) is 12.1 Å². The number of benzene rings is 1. The number of carbonyl (C=O) groups excluding carboxylic acids is 1. The van der Waals surface area contributed by atoms with Crippen molar-refractivity contribution in [3.63, 3.8) is 0 Å². The number of aliphatic hydroxyl groups is 1. The molecule has 2 aliphatic rings. The fraction of sp³-hybridized carbons (Fsp3) is 0.556. The molecule has 1 aromatic rings. The van der Waals surface area contributed by atoms with Gasteiger partial charge in [0, 0.05) is 25.2 Å². The molecule has 0 aliphatic carbocycles. The van der Waals surface area contributed by atoms with Gasteiger partial charge in [0.2, 0.25) is 0 Å². The first kappa shape index (κ1) is 16.7. The second-order valence-corrected chi connectivity index (χ2v) is 6.68. The lowest BCUT2D eigenvalue weighted by Crippen LogP contribution is -2.36. The number of ether oxygens (including phenoxy) is 1. The van der Waals surface area contributed by atoms with Crippen molar-refractivity contribution < 1.29 is 14.6 Å². The van der Waals surface area contributed by atoms with Crippen LogP contribution in [0.3, 0.4) is 0 Å². The Balaban J connectivity index is 1.87. The van der Waals surface area contributed by atoms with Crippen molar-refractivity contribution >= 4 is 5.91 Å². The van der Waals surface area contributed by atoms with E-state index in [0.29, 0.717) is 16.9 Å². The van der Waals surface area contributed by atoms with E-state index < -0.39 is 12.1 Å². The molecule has 1 fully saturated rings. The summed E-state index contributed by atoms with van der Waals surface area (Å²) in [4.78, 5) is 16.5. The lowest BCUT2D eigenvalue weighted by molar-refractivity contribution is 0.0633. The number of fused-ring (bicyclic) bond motifs is 1. The van der Waals surface area contributed by atoms with E-state index in [9.17, 15) is 15.2 Å². The molecule has 0 saturated carbocycles. The Bertz CT molecular complexity index is 660. The highest BCUT2D eigenvalue weighted by Crippen LogP contribution is 2.39. The molecule has 1 aromatic carbocycles. The van der Waals surface area contributed by atoms with E-state index in [0.717, 1.165) is 25.9 Å². The number of amides is 1. The summed E-state index contributed by atoms with van der Waals surface area (Å²) in [5.74, 6) is 0.321. The van der Waals surface area contributed by atoms with E-state index in [1.54, 1.807) is 19.1 Å². The van der Waals surface area contributed by atoms with Crippen LogP contribution in [0, 0.1) is 11.3 Å². The molecule has 2 aliphatic heterocycles. The molecule has 1 amide bonds. The van der Waals surface area contributed by atoms with Crippen LogP contribution in [0.4, 0.5) is 0 Å². The summed E-state index contributed by atoms with van der Waals surface area (Å²) < 4.78 is 6.12. The fourth-order valence-electron chi connectivity index (χ4n) is 3.43. The average Bonchev–Trinajstić information content (AvgIpc) is 2.82. The van der Waals surface area contributed by atoms with Gasteiger partial charge >= 0.3 is 0 Å². The standard InChI is InChI=1S/C18H23N3O3/c1-12(22)11-21-15(10-19)14-4-3-5-16(17(14)18(21)23)24-13-6-8-20(2)9-7-13/h3-5,12-13,15,22H,6-9,11H2,1-2H3. The lowest BCUT2D eigenvalue weighted by Gasteiger charge is -2.29. The molecule has 1 N–H and O–H groups in total. The molecule has 0 spiro atoms. The molecule has 1 saturated heterocycles. The zero-order valence-corrected chi connectivity index (χ0v) is 14.1. The van der Waals surface area contributed by atoms with Crippen LogP contribution >= 0.6 is 0 Å². The van der Waals surface area contributed by atoms with Gasteiger partial charge in [0.25, 0.3) is 5.91 Å². The summed E-state index contributed by atoms with van der Waals surface area (Å²) >= 11 is 0. The topological polar surface area (TPSA) is 76.8 Å². The largest absolute Gasteiger partial charge is 0.489 e. The summed E-state index contributed by atoms with van der Waals surface area (Å²) in [5.41, 5.74) is 1.15. The molecule has 6 nitrogen and oxygen atoms in total. The van der Waals surface area contributed by atoms with E-state index >= 15 is 0 Å². The van der Waals surface area contributed by atoms with Crippen LogP contribution < -0.4 is 4.74 Å². The summed E-state index contributed by atoms with van der Waals surface area (Å²) in [6, 6.07) is 6.93. The maximum Gasteiger partial charge on any atom is 0.259 e. The Kier molecular flexibility index (Phi) is 4.74. The van der Waals surface area contributed by atoms with Gasteiger partial charge in [0.05, 0.1) is 17.7 Å². The number of piperidine rings is 1. The van der Waals surface area contributed by atoms with E-state index in [1.165, 1.54) is 4.90 Å². The van der Waals surface area contributed by atoms with Crippen LogP contribution in [0.5, 0.6) is 5.75 Å². The minimum absolute atomic E-state index is 0.0897. The Morgan fingerprint density at radius 1 is 1.42 bits per heavy atom. The SMILES string of the molecule is CC(O)CN1C(=O)c2c(OC3CCN(C)CC3)cccc2C1C#N.